The van der Waals surface area contributed by atoms with E-state index in [1.165, 1.54) is 5.06 Å². The third-order valence-electron chi connectivity index (χ3n) is 6.72. The van der Waals surface area contributed by atoms with Gasteiger partial charge in [0.1, 0.15) is 23.2 Å². The molecule has 10 heteroatoms. The summed E-state index contributed by atoms with van der Waals surface area (Å²) in [6.07, 6.45) is 5.73. The lowest BCUT2D eigenvalue weighted by molar-refractivity contribution is -0.180. The summed E-state index contributed by atoms with van der Waals surface area (Å²) in [5, 5.41) is 1.38. The van der Waals surface area contributed by atoms with Gasteiger partial charge in [0, 0.05) is 42.4 Å². The number of hydrogen-bond acceptors (Lipinski definition) is 8. The molecule has 2 aliphatic rings. The molecule has 1 aromatic carbocycles. The van der Waals surface area contributed by atoms with Gasteiger partial charge in [-0.05, 0) is 70.7 Å². The third-order valence-corrected chi connectivity index (χ3v) is 6.72. The number of carbonyl (C=O) groups is 3. The molecule has 2 aromatic rings. The minimum Gasteiger partial charge on any atom is -0.458 e. The van der Waals surface area contributed by atoms with Crippen LogP contribution in [0.15, 0.2) is 47.1 Å². The Morgan fingerprint density at radius 1 is 1.12 bits per heavy atom. The number of benzene rings is 1. The van der Waals surface area contributed by atoms with Gasteiger partial charge in [-0.3, -0.25) is 19.4 Å². The highest BCUT2D eigenvalue weighted by Gasteiger charge is 2.37. The highest BCUT2D eigenvalue weighted by Crippen LogP contribution is 2.32. The van der Waals surface area contributed by atoms with E-state index in [2.05, 4.69) is 9.98 Å². The van der Waals surface area contributed by atoms with Crippen LogP contribution in [0.3, 0.4) is 0 Å². The summed E-state index contributed by atoms with van der Waals surface area (Å²) in [7, 11) is 0. The first-order valence-corrected chi connectivity index (χ1v) is 14.1. The summed E-state index contributed by atoms with van der Waals surface area (Å²) in [5.74, 6) is -0.576. The Hall–Kier alpha value is -4.05. The van der Waals surface area contributed by atoms with Crippen molar-refractivity contribution in [3.05, 3.63) is 53.4 Å². The average Bonchev–Trinajstić information content (AvgIpc) is 3.35. The van der Waals surface area contributed by atoms with Crippen molar-refractivity contribution in [2.75, 3.05) is 19.7 Å². The molecule has 218 valence electrons. The number of carbonyl (C=O) groups excluding carboxylic acids is 3. The average molecular weight is 562 g/mol. The van der Waals surface area contributed by atoms with Gasteiger partial charge in [0.05, 0.1) is 12.3 Å². The van der Waals surface area contributed by atoms with E-state index in [0.29, 0.717) is 43.2 Å². The topological polar surface area (TPSA) is 127 Å². The van der Waals surface area contributed by atoms with Crippen molar-refractivity contribution in [1.82, 2.24) is 14.9 Å². The number of ether oxygens (including phenoxy) is 1. The number of hydrogen-bond donors (Lipinski definition) is 1. The van der Waals surface area contributed by atoms with Crippen LogP contribution in [0.4, 0.5) is 5.69 Å². The van der Waals surface area contributed by atoms with Gasteiger partial charge in [0.15, 0.2) is 0 Å². The van der Waals surface area contributed by atoms with Crippen molar-refractivity contribution >= 4 is 35.4 Å². The van der Waals surface area contributed by atoms with E-state index in [9.17, 15) is 14.4 Å². The summed E-state index contributed by atoms with van der Waals surface area (Å²) >= 11 is 0. The summed E-state index contributed by atoms with van der Waals surface area (Å²) in [4.78, 5) is 55.1. The molecule has 0 bridgehead atoms. The molecule has 41 heavy (non-hydrogen) atoms. The maximum absolute atomic E-state index is 13.2. The Kier molecular flexibility index (Phi) is 9.22. The predicted octanol–water partition coefficient (Wildman–Crippen LogP) is 4.66. The van der Waals surface area contributed by atoms with Crippen LogP contribution in [0.2, 0.25) is 0 Å². The zero-order valence-corrected chi connectivity index (χ0v) is 24.5. The first-order chi connectivity index (χ1) is 19.5. The van der Waals surface area contributed by atoms with Crippen LogP contribution in [-0.4, -0.2) is 69.9 Å². The zero-order valence-electron chi connectivity index (χ0n) is 24.5. The number of likely N-dealkylation sites (tertiary alicyclic amines) is 1. The molecule has 0 saturated carbocycles. The molecule has 1 atom stereocenters. The largest absolute Gasteiger partial charge is 0.458 e. The van der Waals surface area contributed by atoms with Crippen LogP contribution in [0.25, 0.3) is 17.2 Å². The van der Waals surface area contributed by atoms with Gasteiger partial charge in [-0.15, -0.1) is 0 Å². The second kappa shape index (κ2) is 12.6. The Morgan fingerprint density at radius 2 is 1.88 bits per heavy atom. The number of nitrogens with zero attached hydrogens (tertiary/aromatic N) is 4. The second-order valence-electron chi connectivity index (χ2n) is 11.2. The van der Waals surface area contributed by atoms with Crippen LogP contribution < -0.4 is 5.73 Å². The Morgan fingerprint density at radius 3 is 2.54 bits per heavy atom. The number of amides is 2. The lowest BCUT2D eigenvalue weighted by Gasteiger charge is -2.27. The van der Waals surface area contributed by atoms with E-state index in [1.807, 2.05) is 65.0 Å². The fourth-order valence-corrected chi connectivity index (χ4v) is 4.91. The molecule has 1 aromatic heterocycles. The monoisotopic (exact) mass is 561 g/mol. The van der Waals surface area contributed by atoms with Crippen molar-refractivity contribution in [1.29, 1.82) is 0 Å². The molecule has 0 spiro atoms. The molecule has 3 heterocycles. The fraction of sp³-hybridized carbons (Fsp3) is 0.452. The normalized spacial score (nSPS) is 16.8. The van der Waals surface area contributed by atoms with Gasteiger partial charge in [0.2, 0.25) is 0 Å². The van der Waals surface area contributed by atoms with Crippen molar-refractivity contribution in [3.8, 4) is 11.1 Å². The number of pyridine rings is 1. The lowest BCUT2D eigenvalue weighted by atomic mass is 10.0. The second-order valence-corrected chi connectivity index (χ2v) is 11.2. The molecule has 0 aliphatic carbocycles. The number of fused-ring (bicyclic) bond motifs is 1. The Bertz CT molecular complexity index is 1350. The number of rotatable bonds is 8. The number of esters is 1. The fourth-order valence-electron chi connectivity index (χ4n) is 4.91. The van der Waals surface area contributed by atoms with Gasteiger partial charge < -0.3 is 15.4 Å². The van der Waals surface area contributed by atoms with Gasteiger partial charge in [-0.25, -0.2) is 14.9 Å². The number of aromatic nitrogens is 1. The highest BCUT2D eigenvalue weighted by atomic mass is 16.7. The number of nitrogens with two attached hydrogens (primary N) is 1. The van der Waals surface area contributed by atoms with Crippen molar-refractivity contribution in [2.24, 2.45) is 10.7 Å². The minimum absolute atomic E-state index is 0.218. The molecule has 2 aliphatic heterocycles. The number of aliphatic imine (C=N–C) groups is 1. The summed E-state index contributed by atoms with van der Waals surface area (Å²) in [5.41, 5.74) is 9.39. The van der Waals surface area contributed by atoms with Crippen molar-refractivity contribution in [3.63, 3.8) is 0 Å². The van der Waals surface area contributed by atoms with E-state index in [1.54, 1.807) is 17.2 Å². The van der Waals surface area contributed by atoms with E-state index >= 15 is 0 Å². The quantitative estimate of drug-likeness (QED) is 0.367. The molecule has 4 rings (SSSR count). The molecule has 10 nitrogen and oxygen atoms in total. The highest BCUT2D eigenvalue weighted by molar-refractivity contribution is 6.05. The summed E-state index contributed by atoms with van der Waals surface area (Å²) in [6, 6.07) is 8.56. The zero-order chi connectivity index (χ0) is 29.7. The van der Waals surface area contributed by atoms with Crippen molar-refractivity contribution in [2.45, 2.75) is 71.9 Å². The first kappa shape index (κ1) is 29.9. The van der Waals surface area contributed by atoms with E-state index in [0.717, 1.165) is 29.5 Å². The summed E-state index contributed by atoms with van der Waals surface area (Å²) < 4.78 is 5.53. The maximum Gasteiger partial charge on any atom is 0.329 e. The standard InChI is InChI=1S/C31H39N5O5/c1-6-14-36(40-7-2)28(37)23-16-21-11-10-20(17-25(21)34-27(32)18-23)22-12-13-24(33-19-22)29(38)35-15-8-9-26(35)30(39)41-31(3,4)5/h10-13,16-17,19,26H,6-9,14-15,18H2,1-5H3,(H2,32,34)/t26-/m0/s1. The molecule has 1 saturated heterocycles. The van der Waals surface area contributed by atoms with Crippen LogP contribution in [-0.2, 0) is 19.2 Å². The lowest BCUT2D eigenvalue weighted by Crippen LogP contribution is -2.43. The molecule has 1 fully saturated rings. The van der Waals surface area contributed by atoms with E-state index in [-0.39, 0.29) is 29.9 Å². The Labute approximate surface area is 241 Å². The van der Waals surface area contributed by atoms with Gasteiger partial charge >= 0.3 is 5.97 Å². The summed E-state index contributed by atoms with van der Waals surface area (Å²) in [6.45, 7) is 10.6. The van der Waals surface area contributed by atoms with Crippen LogP contribution in [0.1, 0.15) is 76.4 Å². The van der Waals surface area contributed by atoms with Gasteiger partial charge in [-0.2, -0.15) is 0 Å². The smallest absolute Gasteiger partial charge is 0.329 e. The molecule has 0 radical (unpaired) electrons. The number of amidine groups is 1. The molecule has 2 amide bonds. The van der Waals surface area contributed by atoms with Crippen LogP contribution in [0, 0.1) is 0 Å². The molecular weight excluding hydrogens is 522 g/mol. The van der Waals surface area contributed by atoms with Crippen LogP contribution >= 0.6 is 0 Å². The molecule has 0 unspecified atom stereocenters. The van der Waals surface area contributed by atoms with Gasteiger partial charge in [-0.1, -0.05) is 25.1 Å². The predicted molar refractivity (Wildman–Crippen MR) is 157 cm³/mol. The molecule has 2 N–H and O–H groups in total. The first-order valence-electron chi connectivity index (χ1n) is 14.1. The van der Waals surface area contributed by atoms with Crippen molar-refractivity contribution < 1.29 is 24.0 Å². The van der Waals surface area contributed by atoms with E-state index in [4.69, 9.17) is 15.3 Å². The third kappa shape index (κ3) is 7.18. The van der Waals surface area contributed by atoms with Gasteiger partial charge in [0.25, 0.3) is 11.8 Å². The number of hydroxylamine groups is 2. The maximum atomic E-state index is 13.2. The van der Waals surface area contributed by atoms with Crippen LogP contribution in [0.5, 0.6) is 0 Å². The minimum atomic E-state index is -0.622. The SMILES string of the molecule is CCCN(OCC)C(=O)C1=Cc2ccc(-c3ccc(C(=O)N4CCC[C@H]4C(=O)OC(C)(C)C)nc3)cc2N=C(N)C1. The Balaban J connectivity index is 1.54. The van der Waals surface area contributed by atoms with E-state index < -0.39 is 11.6 Å². The molecular formula is C31H39N5O5.